The van der Waals surface area contributed by atoms with Crippen molar-refractivity contribution in [1.82, 2.24) is 0 Å². The van der Waals surface area contributed by atoms with Crippen molar-refractivity contribution in [2.24, 2.45) is 0 Å². The number of hydrogen-bond donors (Lipinski definition) is 1. The van der Waals surface area contributed by atoms with Gasteiger partial charge in [0, 0.05) is 5.75 Å². The minimum Gasteiger partial charge on any atom is -0.174 e. The van der Waals surface area contributed by atoms with Crippen molar-refractivity contribution in [1.29, 1.82) is 0 Å². The van der Waals surface area contributed by atoms with E-state index in [0.29, 0.717) is 0 Å². The first-order valence-corrected chi connectivity index (χ1v) is 2.00. The summed E-state index contributed by atoms with van der Waals surface area (Å²) < 4.78 is 0. The van der Waals surface area contributed by atoms with Crippen LogP contribution in [0.3, 0.4) is 0 Å². The Morgan fingerprint density at radius 3 is 2.40 bits per heavy atom. The quantitative estimate of drug-likeness (QED) is 0.384. The molecule has 0 aromatic heterocycles. The Balaban J connectivity index is 2.40. The lowest BCUT2D eigenvalue weighted by Gasteiger charge is -1.71. The van der Waals surface area contributed by atoms with Gasteiger partial charge in [0.25, 0.3) is 0 Å². The lowest BCUT2D eigenvalue weighted by molar-refractivity contribution is 1.39. The van der Waals surface area contributed by atoms with Crippen molar-refractivity contribution < 1.29 is 0 Å². The van der Waals surface area contributed by atoms with Crippen LogP contribution in [0.4, 0.5) is 0 Å². The number of thiol groups is 1. The van der Waals surface area contributed by atoms with E-state index in [2.05, 4.69) is 19.2 Å². The zero-order chi connectivity index (χ0) is 4.12. The number of hydrogen-bond acceptors (Lipinski definition) is 1. The molecule has 0 aliphatic heterocycles. The van der Waals surface area contributed by atoms with Crippen LogP contribution in [0.5, 0.6) is 0 Å². The number of rotatable bonds is 2. The van der Waals surface area contributed by atoms with Crippen LogP contribution < -0.4 is 0 Å². The van der Waals surface area contributed by atoms with Crippen molar-refractivity contribution in [2.45, 2.75) is 6.42 Å². The van der Waals surface area contributed by atoms with Crippen LogP contribution in [0.1, 0.15) is 6.42 Å². The summed E-state index contributed by atoms with van der Waals surface area (Å²) in [7, 11) is 0. The van der Waals surface area contributed by atoms with Gasteiger partial charge < -0.3 is 0 Å². The molecule has 29 valence electrons. The molecule has 0 aromatic rings. The summed E-state index contributed by atoms with van der Waals surface area (Å²) in [5, 5.41) is 0. The summed E-state index contributed by atoms with van der Waals surface area (Å²) in [5.74, 6) is 1.76. The van der Waals surface area contributed by atoms with Crippen molar-refractivity contribution in [2.75, 3.05) is 0 Å². The lowest BCUT2D eigenvalue weighted by Crippen LogP contribution is -1.50. The van der Waals surface area contributed by atoms with Gasteiger partial charge in [-0.1, -0.05) is 6.08 Å². The van der Waals surface area contributed by atoms with E-state index in [9.17, 15) is 0 Å². The zero-order valence-corrected chi connectivity index (χ0v) is 3.91. The van der Waals surface area contributed by atoms with Gasteiger partial charge in [-0.2, -0.15) is 12.6 Å². The second-order valence-corrected chi connectivity index (χ2v) is 1.07. The molecule has 0 saturated carbocycles. The Bertz CT molecular complexity index is 24.8. The Morgan fingerprint density at radius 2 is 2.40 bits per heavy atom. The molecule has 0 amide bonds. The van der Waals surface area contributed by atoms with Crippen LogP contribution in [0, 0.1) is 5.75 Å². The largest absolute Gasteiger partial charge is 0.174 e. The van der Waals surface area contributed by atoms with Gasteiger partial charge in [-0.05, 0) is 6.42 Å². The lowest BCUT2D eigenvalue weighted by atomic mass is 10.5. The molecule has 1 heteroatoms. The third-order valence-electron chi connectivity index (χ3n) is 0.272. The Labute approximate surface area is 38.3 Å². The topological polar surface area (TPSA) is 0 Å². The van der Waals surface area contributed by atoms with Crippen molar-refractivity contribution in [3.63, 3.8) is 0 Å². The molecule has 0 nitrogen and oxygen atoms in total. The van der Waals surface area contributed by atoms with E-state index in [1.54, 1.807) is 11.8 Å². The fourth-order valence-corrected chi connectivity index (χ4v) is 0.224. The molecule has 0 bridgehead atoms. The van der Waals surface area contributed by atoms with Crippen LogP contribution in [0.15, 0.2) is 12.7 Å². The molecule has 0 aliphatic rings. The smallest absolute Gasteiger partial charge is 0.0171 e. The van der Waals surface area contributed by atoms with Crippen molar-refractivity contribution in [3.05, 3.63) is 18.4 Å². The highest BCUT2D eigenvalue weighted by Gasteiger charge is 1.63. The first-order chi connectivity index (χ1) is 2.41. The molecule has 0 fully saturated rings. The minimum atomic E-state index is 0.892. The molecule has 5 heavy (non-hydrogen) atoms. The Hall–Kier alpha value is 0.0900. The predicted molar refractivity (Wildman–Crippen MR) is 28.1 cm³/mol. The fraction of sp³-hybridized carbons (Fsp3) is 0.250. The van der Waals surface area contributed by atoms with Gasteiger partial charge in [-0.25, -0.2) is 0 Å². The highest BCUT2D eigenvalue weighted by molar-refractivity contribution is 7.82. The SMILES string of the molecule is C=CC[CH]S. The van der Waals surface area contributed by atoms with Crippen LogP contribution in [0.2, 0.25) is 0 Å². The van der Waals surface area contributed by atoms with E-state index in [4.69, 9.17) is 0 Å². The predicted octanol–water partition coefficient (Wildman–Crippen LogP) is 1.65. The van der Waals surface area contributed by atoms with E-state index < -0.39 is 0 Å². The first kappa shape index (κ1) is 5.09. The van der Waals surface area contributed by atoms with Gasteiger partial charge in [0.1, 0.15) is 0 Å². The van der Waals surface area contributed by atoms with Gasteiger partial charge in [0.2, 0.25) is 0 Å². The molecule has 0 N–H and O–H groups in total. The highest BCUT2D eigenvalue weighted by atomic mass is 32.1. The van der Waals surface area contributed by atoms with Gasteiger partial charge in [-0.15, -0.1) is 6.58 Å². The van der Waals surface area contributed by atoms with Crippen molar-refractivity contribution >= 4 is 12.6 Å². The van der Waals surface area contributed by atoms with E-state index in [-0.39, 0.29) is 0 Å². The third-order valence-corrected chi connectivity index (χ3v) is 0.483. The van der Waals surface area contributed by atoms with Gasteiger partial charge >= 0.3 is 0 Å². The zero-order valence-electron chi connectivity index (χ0n) is 3.02. The summed E-state index contributed by atoms with van der Waals surface area (Å²) >= 11 is 3.80. The standard InChI is InChI=1S/C4H7S/c1-2-3-4-5/h2,4-5H,1,3H2. The fourth-order valence-electron chi connectivity index (χ4n) is 0.0745. The summed E-state index contributed by atoms with van der Waals surface area (Å²) in [5.41, 5.74) is 0. The maximum Gasteiger partial charge on any atom is 0.0171 e. The first-order valence-electron chi connectivity index (χ1n) is 1.48. The van der Waals surface area contributed by atoms with E-state index >= 15 is 0 Å². The molecular formula is C4H7S. The summed E-state index contributed by atoms with van der Waals surface area (Å²) in [4.78, 5) is 0. The third kappa shape index (κ3) is 4.09. The van der Waals surface area contributed by atoms with E-state index in [1.807, 2.05) is 0 Å². The molecule has 0 atom stereocenters. The molecule has 0 unspecified atom stereocenters. The van der Waals surface area contributed by atoms with Gasteiger partial charge in [-0.3, -0.25) is 0 Å². The molecule has 0 heterocycles. The maximum absolute atomic E-state index is 3.80. The molecule has 0 aliphatic carbocycles. The minimum absolute atomic E-state index is 0.892. The average Bonchev–Trinajstić information content (AvgIpc) is 1.41. The molecule has 0 aromatic carbocycles. The van der Waals surface area contributed by atoms with E-state index in [1.165, 1.54) is 0 Å². The summed E-state index contributed by atoms with van der Waals surface area (Å²) in [6.07, 6.45) is 2.69. The normalized spacial score (nSPS) is 7.40. The van der Waals surface area contributed by atoms with Crippen LogP contribution in [0.25, 0.3) is 0 Å². The highest BCUT2D eigenvalue weighted by Crippen LogP contribution is 1.87. The second-order valence-electron chi connectivity index (χ2n) is 0.707. The Morgan fingerprint density at radius 1 is 1.80 bits per heavy atom. The molecular weight excluding hydrogens is 80.1 g/mol. The number of allylic oxidation sites excluding steroid dienone is 1. The molecule has 0 spiro atoms. The summed E-state index contributed by atoms with van der Waals surface area (Å²) in [6, 6.07) is 0. The average molecular weight is 87.2 g/mol. The Kier molecular flexibility index (Phi) is 4.16. The summed E-state index contributed by atoms with van der Waals surface area (Å²) in [6.45, 7) is 3.47. The van der Waals surface area contributed by atoms with Crippen molar-refractivity contribution in [3.8, 4) is 0 Å². The maximum atomic E-state index is 3.80. The van der Waals surface area contributed by atoms with Crippen LogP contribution in [-0.2, 0) is 0 Å². The van der Waals surface area contributed by atoms with Crippen LogP contribution >= 0.6 is 12.6 Å². The second kappa shape index (κ2) is 4.09. The van der Waals surface area contributed by atoms with Gasteiger partial charge in [0.15, 0.2) is 0 Å². The van der Waals surface area contributed by atoms with Crippen LogP contribution in [-0.4, -0.2) is 0 Å². The monoisotopic (exact) mass is 87.0 g/mol. The molecule has 0 rings (SSSR count). The molecule has 1 radical (unpaired) electrons. The van der Waals surface area contributed by atoms with Gasteiger partial charge in [0.05, 0.1) is 0 Å². The van der Waals surface area contributed by atoms with E-state index in [0.717, 1.165) is 6.42 Å². The molecule has 0 saturated heterocycles.